The highest BCUT2D eigenvalue weighted by Gasteiger charge is 2.38. The molecular weight excluding hydrogens is 377 g/mol. The fraction of sp³-hybridized carbons (Fsp3) is 0.450. The molecule has 0 saturated carbocycles. The summed E-state index contributed by atoms with van der Waals surface area (Å²) in [6.07, 6.45) is 0.634. The minimum Gasteiger partial charge on any atom is -0.480 e. The molecule has 0 bridgehead atoms. The molecule has 0 amide bonds. The summed E-state index contributed by atoms with van der Waals surface area (Å²) in [5, 5.41) is 4.03. The molecule has 1 aliphatic rings. The van der Waals surface area contributed by atoms with Gasteiger partial charge in [-0.1, -0.05) is 24.1 Å². The fourth-order valence-electron chi connectivity index (χ4n) is 3.20. The number of hydrogen-bond donors (Lipinski definition) is 1. The number of halogens is 4. The van der Waals surface area contributed by atoms with Crippen LogP contribution in [0.25, 0.3) is 0 Å². The summed E-state index contributed by atoms with van der Waals surface area (Å²) >= 11 is 6.40. The van der Waals surface area contributed by atoms with Gasteiger partial charge in [0.25, 0.3) is 0 Å². The van der Waals surface area contributed by atoms with Crippen LogP contribution in [0, 0.1) is 0 Å². The number of aromatic nitrogens is 1. The van der Waals surface area contributed by atoms with Crippen molar-refractivity contribution in [1.29, 1.82) is 0 Å². The topological polar surface area (TPSA) is 34.1 Å². The van der Waals surface area contributed by atoms with Gasteiger partial charge < -0.3 is 10.1 Å². The average molecular weight is 399 g/mol. The van der Waals surface area contributed by atoms with Crippen molar-refractivity contribution in [2.75, 3.05) is 5.32 Å². The lowest BCUT2D eigenvalue weighted by atomic mass is 10.0. The maximum absolute atomic E-state index is 12.6. The molecule has 2 aromatic rings. The van der Waals surface area contributed by atoms with E-state index in [2.05, 4.69) is 16.4 Å². The molecule has 1 unspecified atom stereocenters. The molecule has 1 N–H and O–H groups in total. The Morgan fingerprint density at radius 2 is 1.93 bits per heavy atom. The van der Waals surface area contributed by atoms with Crippen molar-refractivity contribution in [3.63, 3.8) is 0 Å². The van der Waals surface area contributed by atoms with Gasteiger partial charge in [-0.3, -0.25) is 4.98 Å². The van der Waals surface area contributed by atoms with Gasteiger partial charge in [0.1, 0.15) is 5.75 Å². The van der Waals surface area contributed by atoms with Crippen molar-refractivity contribution in [3.05, 3.63) is 52.3 Å². The van der Waals surface area contributed by atoms with Crippen molar-refractivity contribution in [2.24, 2.45) is 0 Å². The number of fused-ring (bicyclic) bond motifs is 1. The molecule has 1 atom stereocenters. The maximum Gasteiger partial charge on any atom is 0.425 e. The number of nitrogens with zero attached hydrogens (tertiary/aromatic N) is 1. The molecule has 7 heteroatoms. The molecule has 0 spiro atoms. The molecule has 3 rings (SSSR count). The first-order valence-corrected chi connectivity index (χ1v) is 9.45. The minimum absolute atomic E-state index is 0.0928. The van der Waals surface area contributed by atoms with E-state index in [1.54, 1.807) is 6.07 Å². The van der Waals surface area contributed by atoms with Gasteiger partial charge in [-0.05, 0) is 61.9 Å². The molecule has 0 radical (unpaired) electrons. The first-order chi connectivity index (χ1) is 12.8. The van der Waals surface area contributed by atoms with E-state index < -0.39 is 12.3 Å². The normalized spacial score (nSPS) is 15.6. The zero-order valence-corrected chi connectivity index (χ0v) is 15.8. The number of rotatable bonds is 5. The molecule has 0 fully saturated rings. The average Bonchev–Trinajstić information content (AvgIpc) is 2.87. The highest BCUT2D eigenvalue weighted by atomic mass is 35.5. The Morgan fingerprint density at radius 1 is 1.15 bits per heavy atom. The lowest BCUT2D eigenvalue weighted by Gasteiger charge is -2.18. The molecule has 27 heavy (non-hydrogen) atoms. The summed E-state index contributed by atoms with van der Waals surface area (Å²) in [6, 6.07) is 7.16. The molecule has 1 aromatic heterocycles. The molecule has 3 nitrogen and oxygen atoms in total. The van der Waals surface area contributed by atoms with Gasteiger partial charge in [0.15, 0.2) is 6.10 Å². The molecule has 0 aliphatic heterocycles. The monoisotopic (exact) mass is 398 g/mol. The Bertz CT molecular complexity index is 778. The number of aryl methyl sites for hydroxylation is 1. The second-order valence-electron chi connectivity index (χ2n) is 6.76. The summed E-state index contributed by atoms with van der Waals surface area (Å²) in [5.74, 6) is 0.0928. The number of pyridine rings is 1. The summed E-state index contributed by atoms with van der Waals surface area (Å²) in [6.45, 7) is 1.41. The third kappa shape index (κ3) is 5.06. The number of ether oxygens (including phenoxy) is 1. The van der Waals surface area contributed by atoms with Crippen molar-refractivity contribution in [2.45, 2.75) is 57.9 Å². The SMILES string of the molecule is CC(Oc1ccc(CNc2c(Cl)ccc3c2CCCCC3)nc1)C(F)(F)F. The van der Waals surface area contributed by atoms with E-state index >= 15 is 0 Å². The summed E-state index contributed by atoms with van der Waals surface area (Å²) in [4.78, 5) is 4.19. The zero-order chi connectivity index (χ0) is 19.4. The second kappa shape index (κ2) is 8.38. The van der Waals surface area contributed by atoms with Crippen molar-refractivity contribution in [1.82, 2.24) is 4.98 Å². The van der Waals surface area contributed by atoms with Crippen LogP contribution in [0.5, 0.6) is 5.75 Å². The van der Waals surface area contributed by atoms with Gasteiger partial charge in [0.05, 0.1) is 29.1 Å². The Hall–Kier alpha value is -1.95. The standard InChI is InChI=1S/C20H22ClF3N2O/c1-13(20(22,23)24)27-16-9-8-15(25-12-16)11-26-19-17-6-4-2-3-5-14(17)7-10-18(19)21/h7-10,12-13,26H,2-6,11H2,1H3. The van der Waals surface area contributed by atoms with Gasteiger partial charge in [0.2, 0.25) is 0 Å². The Kier molecular flexibility index (Phi) is 6.15. The molecule has 1 heterocycles. The van der Waals surface area contributed by atoms with Crippen LogP contribution < -0.4 is 10.1 Å². The van der Waals surface area contributed by atoms with E-state index in [1.165, 1.54) is 36.2 Å². The van der Waals surface area contributed by atoms with E-state index in [-0.39, 0.29) is 5.75 Å². The van der Waals surface area contributed by atoms with Crippen LogP contribution in [-0.4, -0.2) is 17.3 Å². The van der Waals surface area contributed by atoms with Crippen LogP contribution in [0.1, 0.15) is 43.0 Å². The van der Waals surface area contributed by atoms with Crippen molar-refractivity contribution in [3.8, 4) is 5.75 Å². The van der Waals surface area contributed by atoms with Crippen LogP contribution in [0.15, 0.2) is 30.5 Å². The van der Waals surface area contributed by atoms with E-state index in [9.17, 15) is 13.2 Å². The largest absolute Gasteiger partial charge is 0.480 e. The highest BCUT2D eigenvalue weighted by Crippen LogP contribution is 2.33. The lowest BCUT2D eigenvalue weighted by Crippen LogP contribution is -2.31. The van der Waals surface area contributed by atoms with Gasteiger partial charge in [-0.25, -0.2) is 0 Å². The molecule has 1 aliphatic carbocycles. The van der Waals surface area contributed by atoms with Crippen molar-refractivity contribution < 1.29 is 17.9 Å². The van der Waals surface area contributed by atoms with Crippen LogP contribution in [0.4, 0.5) is 18.9 Å². The van der Waals surface area contributed by atoms with Gasteiger partial charge in [0, 0.05) is 0 Å². The Labute approximate surface area is 161 Å². The fourth-order valence-corrected chi connectivity index (χ4v) is 3.45. The van der Waals surface area contributed by atoms with Crippen molar-refractivity contribution >= 4 is 17.3 Å². The van der Waals surface area contributed by atoms with Gasteiger partial charge >= 0.3 is 6.18 Å². The van der Waals surface area contributed by atoms with Crippen LogP contribution in [0.3, 0.4) is 0 Å². The Balaban J connectivity index is 1.67. The van der Waals surface area contributed by atoms with E-state index in [0.29, 0.717) is 17.3 Å². The van der Waals surface area contributed by atoms with Crippen LogP contribution >= 0.6 is 11.6 Å². The number of alkyl halides is 3. The Morgan fingerprint density at radius 3 is 2.63 bits per heavy atom. The predicted octanol–water partition coefficient (Wildman–Crippen LogP) is 5.95. The highest BCUT2D eigenvalue weighted by molar-refractivity contribution is 6.33. The molecule has 146 valence electrons. The quantitative estimate of drug-likeness (QED) is 0.632. The maximum atomic E-state index is 12.6. The van der Waals surface area contributed by atoms with Crippen LogP contribution in [0.2, 0.25) is 5.02 Å². The molecule has 1 aromatic carbocycles. The number of benzene rings is 1. The number of nitrogens with one attached hydrogen (secondary N) is 1. The minimum atomic E-state index is -4.40. The third-order valence-corrected chi connectivity index (χ3v) is 5.06. The van der Waals surface area contributed by atoms with E-state index in [4.69, 9.17) is 16.3 Å². The van der Waals surface area contributed by atoms with E-state index in [0.717, 1.165) is 31.9 Å². The summed E-state index contributed by atoms with van der Waals surface area (Å²) in [7, 11) is 0. The lowest BCUT2D eigenvalue weighted by molar-refractivity contribution is -0.189. The first-order valence-electron chi connectivity index (χ1n) is 9.07. The number of hydrogen-bond acceptors (Lipinski definition) is 3. The molecule has 0 saturated heterocycles. The third-order valence-electron chi connectivity index (χ3n) is 4.75. The zero-order valence-electron chi connectivity index (χ0n) is 15.1. The number of anilines is 1. The second-order valence-corrected chi connectivity index (χ2v) is 7.17. The van der Waals surface area contributed by atoms with Gasteiger partial charge in [-0.15, -0.1) is 0 Å². The predicted molar refractivity (Wildman–Crippen MR) is 100 cm³/mol. The smallest absolute Gasteiger partial charge is 0.425 e. The first kappa shape index (κ1) is 19.8. The van der Waals surface area contributed by atoms with E-state index in [1.807, 2.05) is 6.07 Å². The summed E-state index contributed by atoms with van der Waals surface area (Å²) in [5.41, 5.74) is 4.23. The summed E-state index contributed by atoms with van der Waals surface area (Å²) < 4.78 is 42.6. The van der Waals surface area contributed by atoms with Crippen LogP contribution in [-0.2, 0) is 19.4 Å². The van der Waals surface area contributed by atoms with Gasteiger partial charge in [-0.2, -0.15) is 13.2 Å². The molecular formula is C20H22ClF3N2O.